The molecular weight excluding hydrogens is 264 g/mol. The third-order valence-electron chi connectivity index (χ3n) is 5.39. The van der Waals surface area contributed by atoms with E-state index in [0.29, 0.717) is 11.8 Å². The number of carbonyl (C=O) groups excluding carboxylic acids is 2. The smallest absolute Gasteiger partial charge is 0.308 e. The number of ether oxygens (including phenoxy) is 1. The van der Waals surface area contributed by atoms with Crippen LogP contribution in [0.15, 0.2) is 12.2 Å². The van der Waals surface area contributed by atoms with Crippen molar-refractivity contribution in [2.75, 3.05) is 0 Å². The van der Waals surface area contributed by atoms with Gasteiger partial charge in [0.25, 0.3) is 0 Å². The van der Waals surface area contributed by atoms with E-state index in [0.717, 1.165) is 25.5 Å². The molecule has 2 aliphatic carbocycles. The van der Waals surface area contributed by atoms with Crippen LogP contribution in [0.5, 0.6) is 0 Å². The van der Waals surface area contributed by atoms with Crippen LogP contribution in [0, 0.1) is 35.5 Å². The van der Waals surface area contributed by atoms with E-state index in [2.05, 4.69) is 26.0 Å². The molecule has 3 heteroatoms. The fourth-order valence-corrected chi connectivity index (χ4v) is 3.86. The van der Waals surface area contributed by atoms with Gasteiger partial charge in [-0.25, -0.2) is 0 Å². The predicted molar refractivity (Wildman–Crippen MR) is 82.6 cm³/mol. The minimum Gasteiger partial charge on any atom is -0.462 e. The van der Waals surface area contributed by atoms with Crippen LogP contribution in [0.2, 0.25) is 0 Å². The molecule has 0 aromatic rings. The molecule has 2 rings (SSSR count). The number of esters is 1. The van der Waals surface area contributed by atoms with Gasteiger partial charge in [0.2, 0.25) is 0 Å². The molecule has 0 N–H and O–H groups in total. The lowest BCUT2D eigenvalue weighted by atomic mass is 9.62. The highest BCUT2D eigenvalue weighted by atomic mass is 16.5. The van der Waals surface area contributed by atoms with E-state index in [4.69, 9.17) is 4.74 Å². The van der Waals surface area contributed by atoms with Crippen LogP contribution in [0.3, 0.4) is 0 Å². The van der Waals surface area contributed by atoms with E-state index in [1.54, 1.807) is 0 Å². The van der Waals surface area contributed by atoms with Gasteiger partial charge in [-0.2, -0.15) is 0 Å². The first-order valence-electron chi connectivity index (χ1n) is 8.32. The minimum atomic E-state index is -0.109. The molecule has 0 aliphatic heterocycles. The molecule has 7 atom stereocenters. The molecule has 0 aromatic carbocycles. The van der Waals surface area contributed by atoms with E-state index < -0.39 is 0 Å². The maximum atomic E-state index is 12.2. The van der Waals surface area contributed by atoms with Crippen molar-refractivity contribution in [3.05, 3.63) is 12.2 Å². The Kier molecular flexibility index (Phi) is 5.23. The van der Waals surface area contributed by atoms with Gasteiger partial charge in [-0.3, -0.25) is 4.79 Å². The summed E-state index contributed by atoms with van der Waals surface area (Å²) >= 11 is 0. The zero-order valence-electron chi connectivity index (χ0n) is 13.6. The quantitative estimate of drug-likeness (QED) is 0.451. The fraction of sp³-hybridized carbons (Fsp3) is 0.778. The highest BCUT2D eigenvalue weighted by Gasteiger charge is 2.45. The molecule has 0 bridgehead atoms. The molecule has 0 amide bonds. The highest BCUT2D eigenvalue weighted by Crippen LogP contribution is 2.45. The van der Waals surface area contributed by atoms with Crippen molar-refractivity contribution in [2.24, 2.45) is 35.5 Å². The first kappa shape index (κ1) is 16.3. The first-order valence-corrected chi connectivity index (χ1v) is 8.32. The monoisotopic (exact) mass is 292 g/mol. The van der Waals surface area contributed by atoms with Gasteiger partial charge in [0.1, 0.15) is 12.4 Å². The number of rotatable bonds is 4. The predicted octanol–water partition coefficient (Wildman–Crippen LogP) is 3.63. The Morgan fingerprint density at radius 3 is 2.67 bits per heavy atom. The Labute approximate surface area is 128 Å². The fourth-order valence-electron chi connectivity index (χ4n) is 3.86. The Hall–Kier alpha value is -1.12. The molecule has 118 valence electrons. The van der Waals surface area contributed by atoms with Gasteiger partial charge in [-0.1, -0.05) is 39.8 Å². The van der Waals surface area contributed by atoms with Gasteiger partial charge in [0, 0.05) is 11.8 Å². The minimum absolute atomic E-state index is 0.0257. The zero-order chi connectivity index (χ0) is 15.6. The average molecular weight is 292 g/mol. The van der Waals surface area contributed by atoms with Crippen LogP contribution in [-0.2, 0) is 14.3 Å². The summed E-state index contributed by atoms with van der Waals surface area (Å²) < 4.78 is 5.83. The van der Waals surface area contributed by atoms with Crippen molar-refractivity contribution in [2.45, 2.75) is 53.1 Å². The summed E-state index contributed by atoms with van der Waals surface area (Å²) in [5.74, 6) is 1.10. The topological polar surface area (TPSA) is 43.4 Å². The average Bonchev–Trinajstić information content (AvgIpc) is 2.46. The van der Waals surface area contributed by atoms with Crippen LogP contribution < -0.4 is 0 Å². The molecule has 0 spiro atoms. The molecule has 2 aliphatic rings. The molecule has 1 saturated carbocycles. The van der Waals surface area contributed by atoms with Crippen molar-refractivity contribution < 1.29 is 14.3 Å². The lowest BCUT2D eigenvalue weighted by molar-refractivity contribution is -0.164. The molecule has 0 unspecified atom stereocenters. The van der Waals surface area contributed by atoms with Crippen LogP contribution in [-0.4, -0.2) is 18.4 Å². The number of allylic oxidation sites excluding steroid dienone is 2. The standard InChI is InChI=1S/C18H28O3/c1-5-12(3)18(20)21-16-9-11(2)8-14-7-6-13(4)15(10-19)17(14)16/h6-7,10-17H,5,8-9H2,1-4H3/t11-,12+,13+,14+,15+,16+,17+/m1/s1. The Balaban J connectivity index is 2.19. The summed E-state index contributed by atoms with van der Waals surface area (Å²) in [6, 6.07) is 0. The number of hydrogen-bond acceptors (Lipinski definition) is 3. The van der Waals surface area contributed by atoms with Crippen molar-refractivity contribution in [3.8, 4) is 0 Å². The summed E-state index contributed by atoms with van der Waals surface area (Å²) in [4.78, 5) is 23.7. The largest absolute Gasteiger partial charge is 0.462 e. The SMILES string of the molecule is CC[C@H](C)C(=O)O[C@H]1C[C@H](C)C[C@@H]2C=C[C@H](C)[C@H](C=O)[C@@H]12. The third-order valence-corrected chi connectivity index (χ3v) is 5.39. The van der Waals surface area contributed by atoms with E-state index in [1.165, 1.54) is 0 Å². The van der Waals surface area contributed by atoms with Crippen LogP contribution >= 0.6 is 0 Å². The zero-order valence-corrected chi connectivity index (χ0v) is 13.6. The van der Waals surface area contributed by atoms with E-state index in [-0.39, 0.29) is 35.7 Å². The summed E-state index contributed by atoms with van der Waals surface area (Å²) in [5, 5.41) is 0. The first-order chi connectivity index (χ1) is 9.97. The maximum absolute atomic E-state index is 12.2. The molecule has 0 heterocycles. The number of fused-ring (bicyclic) bond motifs is 1. The number of aldehydes is 1. The van der Waals surface area contributed by atoms with Gasteiger partial charge < -0.3 is 9.53 Å². The van der Waals surface area contributed by atoms with Crippen molar-refractivity contribution in [1.29, 1.82) is 0 Å². The second kappa shape index (κ2) is 6.76. The second-order valence-electron chi connectivity index (χ2n) is 7.06. The number of carbonyl (C=O) groups is 2. The van der Waals surface area contributed by atoms with Crippen molar-refractivity contribution >= 4 is 12.3 Å². The molecular formula is C18H28O3. The molecule has 3 nitrogen and oxygen atoms in total. The normalized spacial score (nSPS) is 40.2. The van der Waals surface area contributed by atoms with Gasteiger partial charge >= 0.3 is 5.97 Å². The molecule has 0 aromatic heterocycles. The number of hydrogen-bond donors (Lipinski definition) is 0. The molecule has 21 heavy (non-hydrogen) atoms. The van der Waals surface area contributed by atoms with Crippen LogP contribution in [0.25, 0.3) is 0 Å². The van der Waals surface area contributed by atoms with E-state index >= 15 is 0 Å². The van der Waals surface area contributed by atoms with Crippen molar-refractivity contribution in [3.63, 3.8) is 0 Å². The Morgan fingerprint density at radius 2 is 2.05 bits per heavy atom. The van der Waals surface area contributed by atoms with Gasteiger partial charge in [0.05, 0.1) is 5.92 Å². The lowest BCUT2D eigenvalue weighted by Gasteiger charge is -2.45. The van der Waals surface area contributed by atoms with E-state index in [9.17, 15) is 9.59 Å². The summed E-state index contributed by atoms with van der Waals surface area (Å²) in [6.45, 7) is 8.20. The van der Waals surface area contributed by atoms with Crippen LogP contribution in [0.4, 0.5) is 0 Å². The Morgan fingerprint density at radius 1 is 1.33 bits per heavy atom. The summed E-state index contributed by atoms with van der Waals surface area (Å²) in [5.41, 5.74) is 0. The summed E-state index contributed by atoms with van der Waals surface area (Å²) in [7, 11) is 0. The maximum Gasteiger partial charge on any atom is 0.308 e. The molecule has 1 fully saturated rings. The van der Waals surface area contributed by atoms with E-state index in [1.807, 2.05) is 13.8 Å². The van der Waals surface area contributed by atoms with Crippen molar-refractivity contribution in [1.82, 2.24) is 0 Å². The van der Waals surface area contributed by atoms with Gasteiger partial charge in [-0.15, -0.1) is 0 Å². The van der Waals surface area contributed by atoms with Gasteiger partial charge in [-0.05, 0) is 37.0 Å². The Bertz CT molecular complexity index is 415. The summed E-state index contributed by atoms with van der Waals surface area (Å²) in [6.07, 6.45) is 8.14. The van der Waals surface area contributed by atoms with Crippen LogP contribution in [0.1, 0.15) is 47.0 Å². The molecule has 0 saturated heterocycles. The van der Waals surface area contributed by atoms with Gasteiger partial charge in [0.15, 0.2) is 0 Å². The third kappa shape index (κ3) is 3.38. The highest BCUT2D eigenvalue weighted by molar-refractivity contribution is 5.72. The molecule has 0 radical (unpaired) electrons. The second-order valence-corrected chi connectivity index (χ2v) is 7.06. The lowest BCUT2D eigenvalue weighted by Crippen LogP contribution is -2.46.